The van der Waals surface area contributed by atoms with Crippen molar-refractivity contribution in [3.8, 4) is 11.5 Å². The van der Waals surface area contributed by atoms with Gasteiger partial charge in [-0.1, -0.05) is 72.8 Å². The molecule has 4 atom stereocenters. The highest BCUT2D eigenvalue weighted by Gasteiger charge is 2.28. The Balaban J connectivity index is 0.000000143. The molecule has 4 unspecified atom stereocenters. The van der Waals surface area contributed by atoms with Crippen LogP contribution in [0.3, 0.4) is 0 Å². The van der Waals surface area contributed by atoms with Gasteiger partial charge < -0.3 is 47.4 Å². The second-order valence-corrected chi connectivity index (χ2v) is 14.9. The van der Waals surface area contributed by atoms with Crippen molar-refractivity contribution in [2.75, 3.05) is 66.1 Å². The summed E-state index contributed by atoms with van der Waals surface area (Å²) in [5.41, 5.74) is 7.21. The molecule has 0 aromatic heterocycles. The molecule has 6 heterocycles. The summed E-state index contributed by atoms with van der Waals surface area (Å²) in [6.45, 7) is 7.26. The van der Waals surface area contributed by atoms with Crippen LogP contribution in [-0.2, 0) is 50.7 Å². The summed E-state index contributed by atoms with van der Waals surface area (Å²) in [6.07, 6.45) is 2.81. The lowest BCUT2D eigenvalue weighted by Gasteiger charge is -2.30. The van der Waals surface area contributed by atoms with Crippen LogP contribution in [0.5, 0.6) is 11.5 Å². The van der Waals surface area contributed by atoms with Crippen molar-refractivity contribution < 1.29 is 47.4 Å². The van der Waals surface area contributed by atoms with Gasteiger partial charge in [-0.05, 0) is 46.5 Å². The normalized spacial score (nSPS) is 29.3. The Kier molecular flexibility index (Phi) is 11.2. The van der Waals surface area contributed by atoms with Crippen LogP contribution in [-0.4, -0.2) is 90.5 Å². The van der Waals surface area contributed by atoms with Gasteiger partial charge in [0, 0.05) is 35.8 Å². The smallest absolute Gasteiger partial charge is 0.183 e. The van der Waals surface area contributed by atoms with E-state index in [2.05, 4.69) is 60.7 Å². The number of epoxide rings is 4. The molecule has 0 amide bonds. The minimum Gasteiger partial charge on any atom is -0.491 e. The van der Waals surface area contributed by atoms with E-state index in [0.717, 1.165) is 61.9 Å². The molecular weight excluding hydrogens is 688 g/mol. The van der Waals surface area contributed by atoms with E-state index in [9.17, 15) is 0 Å². The van der Waals surface area contributed by atoms with Gasteiger partial charge in [0.25, 0.3) is 0 Å². The van der Waals surface area contributed by atoms with Gasteiger partial charge in [-0.2, -0.15) is 0 Å². The molecule has 0 bridgehead atoms. The van der Waals surface area contributed by atoms with Crippen LogP contribution in [0.15, 0.2) is 97.1 Å². The van der Waals surface area contributed by atoms with Crippen molar-refractivity contribution in [3.63, 3.8) is 0 Å². The quantitative estimate of drug-likeness (QED) is 0.134. The van der Waals surface area contributed by atoms with E-state index < -0.39 is 0 Å². The first-order valence-electron chi connectivity index (χ1n) is 19.2. The van der Waals surface area contributed by atoms with Gasteiger partial charge in [-0.3, -0.25) is 0 Å². The van der Waals surface area contributed by atoms with Crippen molar-refractivity contribution in [2.24, 2.45) is 0 Å². The highest BCUT2D eigenvalue weighted by Crippen LogP contribution is 2.33. The summed E-state index contributed by atoms with van der Waals surface area (Å²) in [6, 6.07) is 33.3. The molecule has 0 N–H and O–H groups in total. The molecule has 6 aliphatic rings. The minimum atomic E-state index is -0.335. The van der Waals surface area contributed by atoms with E-state index in [1.165, 1.54) is 22.3 Å². The van der Waals surface area contributed by atoms with Crippen LogP contribution in [0.2, 0.25) is 0 Å². The average molecular weight is 737 g/mol. The molecule has 284 valence electrons. The maximum absolute atomic E-state index is 6.00. The molecule has 10 nitrogen and oxygen atoms in total. The maximum Gasteiger partial charge on any atom is 0.183 e. The lowest BCUT2D eigenvalue weighted by molar-refractivity contribution is -0.191. The third-order valence-corrected chi connectivity index (χ3v) is 10.4. The molecule has 0 aliphatic carbocycles. The van der Waals surface area contributed by atoms with Crippen LogP contribution in [0, 0.1) is 0 Å². The number of ether oxygens (including phenoxy) is 10. The monoisotopic (exact) mass is 736 g/mol. The zero-order valence-electron chi connectivity index (χ0n) is 30.4. The summed E-state index contributed by atoms with van der Waals surface area (Å²) < 4.78 is 56.2. The predicted molar refractivity (Wildman–Crippen MR) is 198 cm³/mol. The van der Waals surface area contributed by atoms with Gasteiger partial charge in [-0.25, -0.2) is 0 Å². The number of hydrogen-bond donors (Lipinski definition) is 0. The van der Waals surface area contributed by atoms with Crippen molar-refractivity contribution in [1.29, 1.82) is 0 Å². The Morgan fingerprint density at radius 1 is 0.352 bits per heavy atom. The number of hydrogen-bond acceptors (Lipinski definition) is 10. The Morgan fingerprint density at radius 3 is 1.02 bits per heavy atom. The average Bonchev–Trinajstić information content (AvgIpc) is 4.01. The van der Waals surface area contributed by atoms with E-state index in [0.29, 0.717) is 57.8 Å². The Hall–Kier alpha value is -3.84. The SMILES string of the molecule is c1cc(C2COC(c3ccc(CC4CO4)cc3)OC2)ccc1CC1CO1.c1cc(C2COC(c3ccc(OCC4CO4)cc3)OC2)ccc1OCC1CO1. The molecular formula is C44H48O10. The number of rotatable bonds is 14. The van der Waals surface area contributed by atoms with Crippen molar-refractivity contribution in [1.82, 2.24) is 0 Å². The second-order valence-electron chi connectivity index (χ2n) is 14.9. The third kappa shape index (κ3) is 10.3. The minimum absolute atomic E-state index is 0.221. The van der Waals surface area contributed by atoms with Gasteiger partial charge in [0.1, 0.15) is 36.9 Å². The first-order chi connectivity index (χ1) is 26.7. The van der Waals surface area contributed by atoms with Crippen molar-refractivity contribution >= 4 is 0 Å². The fourth-order valence-corrected chi connectivity index (χ4v) is 6.68. The molecule has 0 radical (unpaired) electrons. The van der Waals surface area contributed by atoms with Gasteiger partial charge >= 0.3 is 0 Å². The highest BCUT2D eigenvalue weighted by molar-refractivity contribution is 5.32. The van der Waals surface area contributed by atoms with E-state index in [1.54, 1.807) is 0 Å². The topological polar surface area (TPSA) is 106 Å². The molecule has 54 heavy (non-hydrogen) atoms. The summed E-state index contributed by atoms with van der Waals surface area (Å²) >= 11 is 0. The fourth-order valence-electron chi connectivity index (χ4n) is 6.68. The molecule has 0 spiro atoms. The maximum atomic E-state index is 6.00. The predicted octanol–water partition coefficient (Wildman–Crippen LogP) is 6.47. The Labute approximate surface area is 316 Å². The molecule has 4 aromatic carbocycles. The second kappa shape index (κ2) is 16.9. The Morgan fingerprint density at radius 2 is 0.667 bits per heavy atom. The van der Waals surface area contributed by atoms with Gasteiger partial charge in [0.05, 0.1) is 65.1 Å². The van der Waals surface area contributed by atoms with E-state index in [1.807, 2.05) is 36.4 Å². The van der Waals surface area contributed by atoms with Crippen LogP contribution in [0.25, 0.3) is 0 Å². The number of benzene rings is 4. The van der Waals surface area contributed by atoms with Crippen LogP contribution in [0.1, 0.15) is 57.8 Å². The summed E-state index contributed by atoms with van der Waals surface area (Å²) in [7, 11) is 0. The molecule has 10 rings (SSSR count). The van der Waals surface area contributed by atoms with Crippen LogP contribution in [0.4, 0.5) is 0 Å². The Bertz CT molecular complexity index is 1620. The largest absolute Gasteiger partial charge is 0.491 e. The van der Waals surface area contributed by atoms with E-state index >= 15 is 0 Å². The first kappa shape index (κ1) is 35.8. The van der Waals surface area contributed by atoms with Gasteiger partial charge in [0.15, 0.2) is 12.6 Å². The van der Waals surface area contributed by atoms with Gasteiger partial charge in [0.2, 0.25) is 0 Å². The van der Waals surface area contributed by atoms with E-state index in [4.69, 9.17) is 47.4 Å². The zero-order chi connectivity index (χ0) is 36.1. The summed E-state index contributed by atoms with van der Waals surface area (Å²) in [4.78, 5) is 0. The molecule has 6 saturated heterocycles. The van der Waals surface area contributed by atoms with Gasteiger partial charge in [-0.15, -0.1) is 0 Å². The zero-order valence-corrected chi connectivity index (χ0v) is 30.4. The summed E-state index contributed by atoms with van der Waals surface area (Å²) in [5, 5.41) is 0. The first-order valence-corrected chi connectivity index (χ1v) is 19.2. The van der Waals surface area contributed by atoms with Crippen LogP contribution >= 0.6 is 0 Å². The molecule has 0 saturated carbocycles. The molecule has 6 fully saturated rings. The molecule has 10 heteroatoms. The van der Waals surface area contributed by atoms with Crippen LogP contribution < -0.4 is 9.47 Å². The van der Waals surface area contributed by atoms with Crippen molar-refractivity contribution in [3.05, 3.63) is 130 Å². The fraction of sp³-hybridized carbons (Fsp3) is 0.455. The standard InChI is InChI=1S/C22H24O6.C22H24O4/c1-5-18(23-11-20-13-25-20)6-2-15(1)17-9-27-22(28-10-17)16-3-7-19(8-4-16)24-12-21-14-26-21;1-5-17(6-2-15(1)9-20-13-23-20)19-11-25-22(26-12-19)18-7-3-16(4-8-18)10-21-14-24-21/h1-8,17,20-22H,9-14H2;1-8,19-22H,9-14H2. The lowest BCUT2D eigenvalue weighted by Crippen LogP contribution is -2.25. The highest BCUT2D eigenvalue weighted by atomic mass is 16.7. The van der Waals surface area contributed by atoms with Crippen molar-refractivity contribution in [2.45, 2.75) is 61.7 Å². The third-order valence-electron chi connectivity index (χ3n) is 10.4. The van der Waals surface area contributed by atoms with E-state index in [-0.39, 0.29) is 30.7 Å². The molecule has 6 aliphatic heterocycles. The summed E-state index contributed by atoms with van der Waals surface area (Å²) in [5.74, 6) is 2.22. The lowest BCUT2D eigenvalue weighted by atomic mass is 9.97. The molecule has 4 aromatic rings.